The van der Waals surface area contributed by atoms with Crippen molar-refractivity contribution in [3.05, 3.63) is 35.9 Å². The van der Waals surface area contributed by atoms with Crippen LogP contribution in [0.25, 0.3) is 0 Å². The van der Waals surface area contributed by atoms with E-state index in [9.17, 15) is 9.90 Å². The van der Waals surface area contributed by atoms with Crippen molar-refractivity contribution in [3.8, 4) is 0 Å². The normalized spacial score (nSPS) is 21.7. The zero-order chi connectivity index (χ0) is 15.1. The zero-order valence-electron chi connectivity index (χ0n) is 12.8. The Labute approximate surface area is 126 Å². The molecule has 21 heavy (non-hydrogen) atoms. The van der Waals surface area contributed by atoms with Gasteiger partial charge in [0.2, 0.25) is 5.91 Å². The van der Waals surface area contributed by atoms with Crippen molar-refractivity contribution >= 4 is 5.91 Å². The summed E-state index contributed by atoms with van der Waals surface area (Å²) in [6.07, 6.45) is 4.08. The second-order valence-electron chi connectivity index (χ2n) is 5.77. The molecule has 1 atom stereocenters. The number of methoxy groups -OCH3 is 1. The van der Waals surface area contributed by atoms with Gasteiger partial charge in [0.1, 0.15) is 5.60 Å². The first-order chi connectivity index (χ1) is 10.2. The molecular formula is C17H25NO3. The predicted octanol–water partition coefficient (Wildman–Crippen LogP) is 2.31. The van der Waals surface area contributed by atoms with E-state index in [1.807, 2.05) is 30.3 Å². The van der Waals surface area contributed by atoms with Crippen LogP contribution in [0, 0.1) is 0 Å². The van der Waals surface area contributed by atoms with Gasteiger partial charge < -0.3 is 14.7 Å². The fraction of sp³-hybridized carbons (Fsp3) is 0.588. The van der Waals surface area contributed by atoms with Crippen LogP contribution in [-0.2, 0) is 15.1 Å². The van der Waals surface area contributed by atoms with Crippen LogP contribution in [0.1, 0.15) is 37.7 Å². The molecule has 4 nitrogen and oxygen atoms in total. The smallest absolute Gasteiger partial charge is 0.222 e. The van der Waals surface area contributed by atoms with E-state index in [1.165, 1.54) is 0 Å². The van der Waals surface area contributed by atoms with Gasteiger partial charge in [-0.3, -0.25) is 4.79 Å². The number of hydrogen-bond donors (Lipinski definition) is 1. The van der Waals surface area contributed by atoms with Gasteiger partial charge in [-0.15, -0.1) is 0 Å². The van der Waals surface area contributed by atoms with Crippen molar-refractivity contribution in [1.82, 2.24) is 4.90 Å². The molecular weight excluding hydrogens is 266 g/mol. The molecule has 4 heteroatoms. The SMILES string of the molecule is COCCCCCC(=O)N1CCC(O)(c2ccccc2)C1. The van der Waals surface area contributed by atoms with E-state index in [4.69, 9.17) is 4.74 Å². The maximum Gasteiger partial charge on any atom is 0.222 e. The lowest BCUT2D eigenvalue weighted by Gasteiger charge is -2.24. The van der Waals surface area contributed by atoms with E-state index in [2.05, 4.69) is 0 Å². The number of benzene rings is 1. The van der Waals surface area contributed by atoms with Gasteiger partial charge in [-0.1, -0.05) is 36.8 Å². The lowest BCUT2D eigenvalue weighted by Crippen LogP contribution is -2.34. The summed E-state index contributed by atoms with van der Waals surface area (Å²) in [4.78, 5) is 14.0. The molecule has 116 valence electrons. The number of likely N-dealkylation sites (tertiary alicyclic amines) is 1. The van der Waals surface area contributed by atoms with Crippen LogP contribution in [0.3, 0.4) is 0 Å². The molecule has 1 saturated heterocycles. The Bertz CT molecular complexity index is 449. The van der Waals surface area contributed by atoms with Crippen molar-refractivity contribution in [2.75, 3.05) is 26.8 Å². The molecule has 1 fully saturated rings. The maximum atomic E-state index is 12.2. The molecule has 0 radical (unpaired) electrons. The molecule has 0 aromatic heterocycles. The van der Waals surface area contributed by atoms with E-state index in [1.54, 1.807) is 12.0 Å². The topological polar surface area (TPSA) is 49.8 Å². The first-order valence-corrected chi connectivity index (χ1v) is 7.70. The molecule has 1 aromatic carbocycles. The molecule has 1 aromatic rings. The molecule has 1 heterocycles. The minimum Gasteiger partial charge on any atom is -0.385 e. The van der Waals surface area contributed by atoms with Gasteiger partial charge in [0.15, 0.2) is 0 Å². The maximum absolute atomic E-state index is 12.2. The highest BCUT2D eigenvalue weighted by molar-refractivity contribution is 5.76. The number of amides is 1. The second kappa shape index (κ2) is 7.57. The van der Waals surface area contributed by atoms with Crippen molar-refractivity contribution < 1.29 is 14.6 Å². The van der Waals surface area contributed by atoms with Crippen molar-refractivity contribution in [1.29, 1.82) is 0 Å². The molecule has 0 aliphatic carbocycles. The molecule has 1 amide bonds. The predicted molar refractivity (Wildman–Crippen MR) is 81.9 cm³/mol. The highest BCUT2D eigenvalue weighted by Gasteiger charge is 2.39. The number of nitrogens with zero attached hydrogens (tertiary/aromatic N) is 1. The van der Waals surface area contributed by atoms with Crippen LogP contribution in [0.15, 0.2) is 30.3 Å². The minimum atomic E-state index is -0.882. The largest absolute Gasteiger partial charge is 0.385 e. The van der Waals surface area contributed by atoms with Gasteiger partial charge in [-0.2, -0.15) is 0 Å². The van der Waals surface area contributed by atoms with Gasteiger partial charge in [-0.25, -0.2) is 0 Å². The third-order valence-corrected chi connectivity index (χ3v) is 4.15. The summed E-state index contributed by atoms with van der Waals surface area (Å²) in [5, 5.41) is 10.7. The number of β-amino-alcohol motifs (C(OH)–C–C–N with tert-alkyl or cyclic N) is 1. The molecule has 1 aliphatic heterocycles. The lowest BCUT2D eigenvalue weighted by molar-refractivity contribution is -0.131. The number of carbonyl (C=O) groups is 1. The summed E-state index contributed by atoms with van der Waals surface area (Å²) in [6.45, 7) is 1.81. The van der Waals surface area contributed by atoms with Crippen molar-refractivity contribution in [2.45, 2.75) is 37.7 Å². The summed E-state index contributed by atoms with van der Waals surface area (Å²) < 4.78 is 5.00. The molecule has 0 bridgehead atoms. The Kier molecular flexibility index (Phi) is 5.76. The highest BCUT2D eigenvalue weighted by atomic mass is 16.5. The monoisotopic (exact) mass is 291 g/mol. The van der Waals surface area contributed by atoms with Crippen molar-refractivity contribution in [2.24, 2.45) is 0 Å². The number of ether oxygens (including phenoxy) is 1. The summed E-state index contributed by atoms with van der Waals surface area (Å²) in [7, 11) is 1.69. The summed E-state index contributed by atoms with van der Waals surface area (Å²) in [5.41, 5.74) is 0.0212. The second-order valence-corrected chi connectivity index (χ2v) is 5.77. The number of aliphatic hydroxyl groups is 1. The van der Waals surface area contributed by atoms with Gasteiger partial charge in [0, 0.05) is 26.7 Å². The van der Waals surface area contributed by atoms with Crippen LogP contribution in [0.5, 0.6) is 0 Å². The van der Waals surface area contributed by atoms with Crippen LogP contribution in [-0.4, -0.2) is 42.7 Å². The van der Waals surface area contributed by atoms with E-state index in [-0.39, 0.29) is 5.91 Å². The van der Waals surface area contributed by atoms with E-state index in [0.29, 0.717) is 25.9 Å². The summed E-state index contributed by atoms with van der Waals surface area (Å²) >= 11 is 0. The van der Waals surface area contributed by atoms with Gasteiger partial charge in [0.25, 0.3) is 0 Å². The lowest BCUT2D eigenvalue weighted by atomic mass is 9.93. The van der Waals surface area contributed by atoms with E-state index in [0.717, 1.165) is 31.4 Å². The Morgan fingerprint density at radius 1 is 1.29 bits per heavy atom. The van der Waals surface area contributed by atoms with E-state index >= 15 is 0 Å². The molecule has 1 unspecified atom stereocenters. The molecule has 1 aliphatic rings. The average Bonchev–Trinajstić information content (AvgIpc) is 2.92. The molecule has 2 rings (SSSR count). The van der Waals surface area contributed by atoms with Crippen LogP contribution in [0.4, 0.5) is 0 Å². The third kappa shape index (κ3) is 4.29. The Morgan fingerprint density at radius 3 is 2.76 bits per heavy atom. The minimum absolute atomic E-state index is 0.152. The highest BCUT2D eigenvalue weighted by Crippen LogP contribution is 2.32. The van der Waals surface area contributed by atoms with Crippen LogP contribution >= 0.6 is 0 Å². The standard InChI is InChI=1S/C17H25NO3/c1-21-13-7-3-6-10-16(19)18-12-11-17(20,14-18)15-8-4-2-5-9-15/h2,4-5,8-9,20H,3,6-7,10-14H2,1H3. The Hall–Kier alpha value is -1.39. The summed E-state index contributed by atoms with van der Waals surface area (Å²) in [5.74, 6) is 0.152. The van der Waals surface area contributed by atoms with E-state index < -0.39 is 5.60 Å². The number of rotatable bonds is 7. The number of carbonyl (C=O) groups excluding carboxylic acids is 1. The van der Waals surface area contributed by atoms with Gasteiger partial charge >= 0.3 is 0 Å². The first kappa shape index (κ1) is 16.0. The molecule has 0 saturated carbocycles. The molecule has 0 spiro atoms. The van der Waals surface area contributed by atoms with Crippen molar-refractivity contribution in [3.63, 3.8) is 0 Å². The summed E-state index contributed by atoms with van der Waals surface area (Å²) in [6, 6.07) is 9.64. The number of hydrogen-bond acceptors (Lipinski definition) is 3. The fourth-order valence-corrected chi connectivity index (χ4v) is 2.85. The first-order valence-electron chi connectivity index (χ1n) is 7.70. The van der Waals surface area contributed by atoms with Gasteiger partial charge in [-0.05, 0) is 24.8 Å². The third-order valence-electron chi connectivity index (χ3n) is 4.15. The average molecular weight is 291 g/mol. The molecule has 1 N–H and O–H groups in total. The number of unbranched alkanes of at least 4 members (excludes halogenated alkanes) is 2. The fourth-order valence-electron chi connectivity index (χ4n) is 2.85. The van der Waals surface area contributed by atoms with Crippen LogP contribution in [0.2, 0.25) is 0 Å². The Morgan fingerprint density at radius 2 is 2.05 bits per heavy atom. The van der Waals surface area contributed by atoms with Crippen LogP contribution < -0.4 is 0 Å². The quantitative estimate of drug-likeness (QED) is 0.784. The zero-order valence-corrected chi connectivity index (χ0v) is 12.8. The van der Waals surface area contributed by atoms with Gasteiger partial charge in [0.05, 0.1) is 6.54 Å². The Balaban J connectivity index is 1.80.